The van der Waals surface area contributed by atoms with Crippen LogP contribution in [-0.2, 0) is 28.5 Å². The lowest BCUT2D eigenvalue weighted by atomic mass is 10.2. The number of esters is 2. The molecule has 0 aliphatic heterocycles. The van der Waals surface area contributed by atoms with Crippen LogP contribution in [-0.4, -0.2) is 36.7 Å². The van der Waals surface area contributed by atoms with Crippen molar-refractivity contribution in [1.29, 1.82) is 0 Å². The zero-order valence-corrected chi connectivity index (χ0v) is 13.7. The molecule has 0 spiro atoms. The van der Waals surface area contributed by atoms with Crippen LogP contribution in [0.15, 0.2) is 12.2 Å². The standard InChI is InChI=1S/C15H26O6/c1-9(2)18-12(6)20-14(16)8-11(5)15(17)21-13(7)19-10(3)4/h9-10,12-13H,5,8H2,1-4,6-7H3. The second-order valence-corrected chi connectivity index (χ2v) is 5.18. The van der Waals surface area contributed by atoms with Gasteiger partial charge in [0.2, 0.25) is 6.29 Å². The Kier molecular flexibility index (Phi) is 8.89. The third-order valence-electron chi connectivity index (χ3n) is 2.14. The molecule has 0 radical (unpaired) electrons. The van der Waals surface area contributed by atoms with Crippen LogP contribution in [0, 0.1) is 0 Å². The molecule has 0 aromatic rings. The zero-order valence-electron chi connectivity index (χ0n) is 13.7. The summed E-state index contributed by atoms with van der Waals surface area (Å²) < 4.78 is 20.5. The summed E-state index contributed by atoms with van der Waals surface area (Å²) in [7, 11) is 0. The molecule has 2 unspecified atom stereocenters. The van der Waals surface area contributed by atoms with Gasteiger partial charge in [-0.3, -0.25) is 4.79 Å². The van der Waals surface area contributed by atoms with Gasteiger partial charge in [-0.15, -0.1) is 0 Å². The van der Waals surface area contributed by atoms with Gasteiger partial charge in [0.15, 0.2) is 6.29 Å². The van der Waals surface area contributed by atoms with Crippen LogP contribution in [0.4, 0.5) is 0 Å². The van der Waals surface area contributed by atoms with E-state index < -0.39 is 24.5 Å². The second-order valence-electron chi connectivity index (χ2n) is 5.18. The highest BCUT2D eigenvalue weighted by atomic mass is 16.7. The summed E-state index contributed by atoms with van der Waals surface area (Å²) in [5.41, 5.74) is 0.0101. The predicted molar refractivity (Wildman–Crippen MR) is 77.3 cm³/mol. The van der Waals surface area contributed by atoms with Crippen molar-refractivity contribution in [2.45, 2.75) is 72.8 Å². The van der Waals surface area contributed by atoms with Crippen molar-refractivity contribution < 1.29 is 28.5 Å². The molecule has 0 aliphatic carbocycles. The van der Waals surface area contributed by atoms with Gasteiger partial charge >= 0.3 is 11.9 Å². The van der Waals surface area contributed by atoms with Crippen LogP contribution in [0.2, 0.25) is 0 Å². The van der Waals surface area contributed by atoms with Crippen LogP contribution < -0.4 is 0 Å². The topological polar surface area (TPSA) is 71.1 Å². The van der Waals surface area contributed by atoms with Gasteiger partial charge in [0, 0.05) is 5.57 Å². The molecular weight excluding hydrogens is 276 g/mol. The fourth-order valence-electron chi connectivity index (χ4n) is 1.53. The van der Waals surface area contributed by atoms with Crippen molar-refractivity contribution in [1.82, 2.24) is 0 Å². The maximum absolute atomic E-state index is 11.7. The zero-order chi connectivity index (χ0) is 16.6. The van der Waals surface area contributed by atoms with Gasteiger partial charge < -0.3 is 18.9 Å². The summed E-state index contributed by atoms with van der Waals surface area (Å²) in [5.74, 6) is -1.28. The van der Waals surface area contributed by atoms with Crippen molar-refractivity contribution in [2.75, 3.05) is 0 Å². The smallest absolute Gasteiger partial charge is 0.336 e. The number of hydrogen-bond donors (Lipinski definition) is 0. The highest BCUT2D eigenvalue weighted by Crippen LogP contribution is 2.09. The molecule has 122 valence electrons. The molecule has 0 aromatic carbocycles. The summed E-state index contributed by atoms with van der Waals surface area (Å²) in [6.45, 7) is 14.0. The Bertz CT molecular complexity index is 361. The molecule has 0 heterocycles. The fourth-order valence-corrected chi connectivity index (χ4v) is 1.53. The summed E-state index contributed by atoms with van der Waals surface area (Å²) in [4.78, 5) is 23.3. The number of carbonyl (C=O) groups is 2. The van der Waals surface area contributed by atoms with Crippen LogP contribution >= 0.6 is 0 Å². The Balaban J connectivity index is 4.17. The molecule has 0 N–H and O–H groups in total. The molecule has 0 aliphatic rings. The van der Waals surface area contributed by atoms with E-state index in [4.69, 9.17) is 18.9 Å². The Labute approximate surface area is 126 Å². The molecule has 2 atom stereocenters. The molecule has 6 nitrogen and oxygen atoms in total. The molecule has 0 saturated carbocycles. The molecule has 0 rings (SSSR count). The van der Waals surface area contributed by atoms with Gasteiger partial charge in [-0.2, -0.15) is 0 Å². The summed E-state index contributed by atoms with van der Waals surface area (Å²) in [5, 5.41) is 0. The van der Waals surface area contributed by atoms with E-state index in [9.17, 15) is 9.59 Å². The molecule has 0 bridgehead atoms. The van der Waals surface area contributed by atoms with Crippen LogP contribution in [0.5, 0.6) is 0 Å². The van der Waals surface area contributed by atoms with E-state index in [1.54, 1.807) is 13.8 Å². The monoisotopic (exact) mass is 302 g/mol. The number of hydrogen-bond acceptors (Lipinski definition) is 6. The number of ether oxygens (including phenoxy) is 4. The average molecular weight is 302 g/mol. The van der Waals surface area contributed by atoms with Gasteiger partial charge in [0.25, 0.3) is 0 Å². The second kappa shape index (κ2) is 9.52. The lowest BCUT2D eigenvalue weighted by molar-refractivity contribution is -0.184. The Morgan fingerprint density at radius 1 is 0.857 bits per heavy atom. The SMILES string of the molecule is C=C(CC(=O)OC(C)OC(C)C)C(=O)OC(C)OC(C)C. The number of rotatable bonds is 9. The van der Waals surface area contributed by atoms with Crippen LogP contribution in [0.3, 0.4) is 0 Å². The van der Waals surface area contributed by atoms with Gasteiger partial charge in [0.05, 0.1) is 18.6 Å². The van der Waals surface area contributed by atoms with Crippen molar-refractivity contribution >= 4 is 11.9 Å². The minimum absolute atomic E-state index is 0.0101. The lowest BCUT2D eigenvalue weighted by Crippen LogP contribution is -2.25. The molecule has 0 amide bonds. The van der Waals surface area contributed by atoms with Crippen LogP contribution in [0.1, 0.15) is 48.0 Å². The average Bonchev–Trinajstić information content (AvgIpc) is 2.25. The van der Waals surface area contributed by atoms with Gasteiger partial charge in [-0.1, -0.05) is 6.58 Å². The highest BCUT2D eigenvalue weighted by Gasteiger charge is 2.19. The third kappa shape index (κ3) is 10.0. The molecule has 0 fully saturated rings. The Morgan fingerprint density at radius 3 is 1.71 bits per heavy atom. The van der Waals surface area contributed by atoms with Gasteiger partial charge in [-0.25, -0.2) is 4.79 Å². The van der Waals surface area contributed by atoms with Crippen LogP contribution in [0.25, 0.3) is 0 Å². The first-order valence-corrected chi connectivity index (χ1v) is 7.01. The van der Waals surface area contributed by atoms with Crippen molar-refractivity contribution in [2.24, 2.45) is 0 Å². The minimum atomic E-state index is -0.700. The summed E-state index contributed by atoms with van der Waals surface area (Å²) >= 11 is 0. The molecule has 0 saturated heterocycles. The molecular formula is C15H26O6. The van der Waals surface area contributed by atoms with E-state index in [1.807, 2.05) is 27.7 Å². The summed E-state index contributed by atoms with van der Waals surface area (Å²) in [6.07, 6.45) is -1.76. The van der Waals surface area contributed by atoms with Crippen molar-refractivity contribution in [3.8, 4) is 0 Å². The van der Waals surface area contributed by atoms with E-state index in [-0.39, 0.29) is 24.2 Å². The van der Waals surface area contributed by atoms with Crippen molar-refractivity contribution in [3.63, 3.8) is 0 Å². The van der Waals surface area contributed by atoms with E-state index in [2.05, 4.69) is 6.58 Å². The molecule has 21 heavy (non-hydrogen) atoms. The number of carbonyl (C=O) groups excluding carboxylic acids is 2. The summed E-state index contributed by atoms with van der Waals surface area (Å²) in [6, 6.07) is 0. The van der Waals surface area contributed by atoms with E-state index in [0.717, 1.165) is 0 Å². The molecule has 0 aromatic heterocycles. The first-order chi connectivity index (χ1) is 9.61. The van der Waals surface area contributed by atoms with E-state index >= 15 is 0 Å². The Hall–Kier alpha value is -1.40. The molecule has 6 heteroatoms. The first kappa shape index (κ1) is 19.6. The highest BCUT2D eigenvalue weighted by molar-refractivity contribution is 5.93. The van der Waals surface area contributed by atoms with Gasteiger partial charge in [-0.05, 0) is 41.5 Å². The maximum Gasteiger partial charge on any atom is 0.336 e. The van der Waals surface area contributed by atoms with E-state index in [0.29, 0.717) is 0 Å². The first-order valence-electron chi connectivity index (χ1n) is 7.01. The fraction of sp³-hybridized carbons (Fsp3) is 0.733. The van der Waals surface area contributed by atoms with E-state index in [1.165, 1.54) is 0 Å². The minimum Gasteiger partial charge on any atom is -0.436 e. The Morgan fingerprint density at radius 2 is 1.29 bits per heavy atom. The maximum atomic E-state index is 11.7. The lowest BCUT2D eigenvalue weighted by Gasteiger charge is -2.18. The van der Waals surface area contributed by atoms with Crippen molar-refractivity contribution in [3.05, 3.63) is 12.2 Å². The third-order valence-corrected chi connectivity index (χ3v) is 2.14. The quantitative estimate of drug-likeness (QED) is 0.370. The normalized spacial score (nSPS) is 13.9. The van der Waals surface area contributed by atoms with Gasteiger partial charge in [0.1, 0.15) is 0 Å². The predicted octanol–water partition coefficient (Wildman–Crippen LogP) is 2.56. The largest absolute Gasteiger partial charge is 0.436 e.